The second-order valence-electron chi connectivity index (χ2n) is 7.43. The minimum atomic E-state index is -0.250. The molecule has 0 unspecified atom stereocenters. The highest BCUT2D eigenvalue weighted by Gasteiger charge is 2.55. The van der Waals surface area contributed by atoms with E-state index in [-0.39, 0.29) is 5.91 Å². The Hall–Kier alpha value is -2.93. The molecule has 2 fully saturated rings. The number of pyridine rings is 2. The molecule has 0 aromatic carbocycles. The van der Waals surface area contributed by atoms with Crippen LogP contribution in [0.15, 0.2) is 36.7 Å². The van der Waals surface area contributed by atoms with Crippen LogP contribution in [-0.2, 0) is 4.74 Å². The van der Waals surface area contributed by atoms with Gasteiger partial charge in [-0.3, -0.25) is 4.79 Å². The molecule has 3 atom stereocenters. The summed E-state index contributed by atoms with van der Waals surface area (Å²) in [5.41, 5.74) is 3.68. The fourth-order valence-corrected chi connectivity index (χ4v) is 4.12. The van der Waals surface area contributed by atoms with E-state index in [0.29, 0.717) is 41.5 Å². The zero-order chi connectivity index (χ0) is 19.3. The Labute approximate surface area is 162 Å². The Kier molecular flexibility index (Phi) is 4.05. The van der Waals surface area contributed by atoms with Gasteiger partial charge in [0.25, 0.3) is 5.91 Å². The number of aryl methyl sites for hydroxylation is 1. The first kappa shape index (κ1) is 17.2. The number of hydrogen-bond donors (Lipinski definition) is 1. The van der Waals surface area contributed by atoms with Crippen molar-refractivity contribution in [3.05, 3.63) is 53.7 Å². The summed E-state index contributed by atoms with van der Waals surface area (Å²) in [5.74, 6) is 2.06. The van der Waals surface area contributed by atoms with Crippen LogP contribution < -0.4 is 10.1 Å². The van der Waals surface area contributed by atoms with Gasteiger partial charge in [-0.15, -0.1) is 0 Å². The third-order valence-corrected chi connectivity index (χ3v) is 5.51. The Morgan fingerprint density at radius 3 is 2.86 bits per heavy atom. The molecular weight excluding hydrogens is 356 g/mol. The molecule has 5 rings (SSSR count). The molecule has 1 saturated heterocycles. The summed E-state index contributed by atoms with van der Waals surface area (Å²) < 4.78 is 13.2. The average Bonchev–Trinajstić information content (AvgIpc) is 3.02. The van der Waals surface area contributed by atoms with Crippen molar-refractivity contribution >= 4 is 17.2 Å². The zero-order valence-corrected chi connectivity index (χ0v) is 15.9. The molecule has 1 amide bonds. The first-order valence-corrected chi connectivity index (χ1v) is 9.62. The van der Waals surface area contributed by atoms with Gasteiger partial charge in [0.1, 0.15) is 5.69 Å². The maximum Gasteiger partial charge on any atom is 0.274 e. The Morgan fingerprint density at radius 2 is 2.11 bits per heavy atom. The largest absolute Gasteiger partial charge is 0.490 e. The molecule has 0 radical (unpaired) electrons. The van der Waals surface area contributed by atoms with E-state index in [9.17, 15) is 4.79 Å². The van der Waals surface area contributed by atoms with Crippen LogP contribution >= 0.6 is 0 Å². The predicted octanol–water partition coefficient (Wildman–Crippen LogP) is 3.05. The summed E-state index contributed by atoms with van der Waals surface area (Å²) in [4.78, 5) is 21.7. The normalized spacial score (nSPS) is 22.9. The van der Waals surface area contributed by atoms with Crippen LogP contribution in [0.2, 0.25) is 0 Å². The zero-order valence-electron chi connectivity index (χ0n) is 15.9. The standard InChI is InChI=1S/C21H22N4O3/c1-3-28-18-7-13(23-21(26)16-6-4-5-12(2)22-16)8-25-9-17(24-20(18)25)19-14-10-27-11-15(14)19/h4-9,14-15,19H,3,10-11H2,1-2H3,(H,23,26)/t14-,15+,19-. The number of nitrogens with zero attached hydrogens (tertiary/aromatic N) is 3. The van der Waals surface area contributed by atoms with Crippen molar-refractivity contribution < 1.29 is 14.3 Å². The molecule has 7 nitrogen and oxygen atoms in total. The van der Waals surface area contributed by atoms with Gasteiger partial charge in [-0.1, -0.05) is 6.07 Å². The summed E-state index contributed by atoms with van der Waals surface area (Å²) in [5, 5.41) is 2.92. The molecular formula is C21H22N4O3. The number of aromatic nitrogens is 3. The van der Waals surface area contributed by atoms with Crippen LogP contribution in [0, 0.1) is 18.8 Å². The van der Waals surface area contributed by atoms with E-state index >= 15 is 0 Å². The van der Waals surface area contributed by atoms with E-state index in [1.807, 2.05) is 48.8 Å². The number of carbonyl (C=O) groups is 1. The number of amides is 1. The second kappa shape index (κ2) is 6.60. The van der Waals surface area contributed by atoms with Crippen LogP contribution in [0.3, 0.4) is 0 Å². The average molecular weight is 378 g/mol. The molecule has 4 heterocycles. The number of ether oxygens (including phenoxy) is 2. The minimum Gasteiger partial charge on any atom is -0.490 e. The van der Waals surface area contributed by atoms with Gasteiger partial charge in [-0.2, -0.15) is 0 Å². The van der Waals surface area contributed by atoms with E-state index in [2.05, 4.69) is 10.3 Å². The third kappa shape index (κ3) is 2.92. The molecule has 2 aliphatic rings. The summed E-state index contributed by atoms with van der Waals surface area (Å²) in [6, 6.07) is 7.21. The van der Waals surface area contributed by atoms with Crippen LogP contribution in [0.5, 0.6) is 5.75 Å². The van der Waals surface area contributed by atoms with Crippen LogP contribution in [0.1, 0.15) is 34.7 Å². The highest BCUT2D eigenvalue weighted by atomic mass is 16.5. The van der Waals surface area contributed by atoms with Crippen molar-refractivity contribution in [3.8, 4) is 5.75 Å². The Morgan fingerprint density at radius 1 is 1.29 bits per heavy atom. The molecule has 1 aliphatic heterocycles. The summed E-state index contributed by atoms with van der Waals surface area (Å²) in [6.45, 7) is 5.97. The number of nitrogens with one attached hydrogen (secondary N) is 1. The highest BCUT2D eigenvalue weighted by Crippen LogP contribution is 2.57. The molecule has 28 heavy (non-hydrogen) atoms. The number of hydrogen-bond acceptors (Lipinski definition) is 5. The van der Waals surface area contributed by atoms with Crippen molar-refractivity contribution in [1.82, 2.24) is 14.4 Å². The van der Waals surface area contributed by atoms with E-state index in [4.69, 9.17) is 14.5 Å². The van der Waals surface area contributed by atoms with Gasteiger partial charge in [-0.05, 0) is 37.8 Å². The lowest BCUT2D eigenvalue weighted by Gasteiger charge is -2.10. The van der Waals surface area contributed by atoms with E-state index in [0.717, 1.165) is 30.2 Å². The lowest BCUT2D eigenvalue weighted by Crippen LogP contribution is -2.14. The Bertz CT molecular complexity index is 1050. The molecule has 1 N–H and O–H groups in total. The fraction of sp³-hybridized carbons (Fsp3) is 0.381. The molecule has 7 heteroatoms. The van der Waals surface area contributed by atoms with Gasteiger partial charge in [-0.25, -0.2) is 9.97 Å². The molecule has 144 valence electrons. The number of carbonyl (C=O) groups excluding carboxylic acids is 1. The van der Waals surface area contributed by atoms with Gasteiger partial charge < -0.3 is 19.2 Å². The maximum absolute atomic E-state index is 12.6. The third-order valence-electron chi connectivity index (χ3n) is 5.51. The van der Waals surface area contributed by atoms with E-state index in [1.165, 1.54) is 0 Å². The smallest absolute Gasteiger partial charge is 0.274 e. The van der Waals surface area contributed by atoms with Crippen molar-refractivity contribution in [2.75, 3.05) is 25.1 Å². The van der Waals surface area contributed by atoms with Crippen LogP contribution in [0.25, 0.3) is 5.65 Å². The molecule has 3 aromatic rings. The quantitative estimate of drug-likeness (QED) is 0.738. The van der Waals surface area contributed by atoms with Crippen molar-refractivity contribution in [2.45, 2.75) is 19.8 Å². The van der Waals surface area contributed by atoms with Crippen LogP contribution in [-0.4, -0.2) is 40.1 Å². The van der Waals surface area contributed by atoms with E-state index in [1.54, 1.807) is 6.07 Å². The van der Waals surface area contributed by atoms with E-state index < -0.39 is 0 Å². The lowest BCUT2D eigenvalue weighted by molar-refractivity contribution is 0.102. The van der Waals surface area contributed by atoms with Gasteiger partial charge in [0.15, 0.2) is 11.4 Å². The first-order valence-electron chi connectivity index (χ1n) is 9.62. The lowest BCUT2D eigenvalue weighted by atomic mass is 10.2. The number of anilines is 1. The number of fused-ring (bicyclic) bond motifs is 2. The maximum atomic E-state index is 12.6. The van der Waals surface area contributed by atoms with Crippen molar-refractivity contribution in [3.63, 3.8) is 0 Å². The van der Waals surface area contributed by atoms with Gasteiger partial charge >= 0.3 is 0 Å². The monoisotopic (exact) mass is 378 g/mol. The summed E-state index contributed by atoms with van der Waals surface area (Å²) in [7, 11) is 0. The topological polar surface area (TPSA) is 77.8 Å². The number of rotatable bonds is 5. The molecule has 0 spiro atoms. The summed E-state index contributed by atoms with van der Waals surface area (Å²) in [6.07, 6.45) is 3.91. The second-order valence-corrected chi connectivity index (χ2v) is 7.43. The van der Waals surface area contributed by atoms with Crippen molar-refractivity contribution in [2.24, 2.45) is 11.8 Å². The molecule has 0 bridgehead atoms. The Balaban J connectivity index is 1.46. The van der Waals surface area contributed by atoms with Crippen molar-refractivity contribution in [1.29, 1.82) is 0 Å². The van der Waals surface area contributed by atoms with Gasteiger partial charge in [0, 0.05) is 30.1 Å². The molecule has 1 aliphatic carbocycles. The first-order chi connectivity index (χ1) is 13.6. The SMILES string of the molecule is CCOc1cc(NC(=O)c2cccc(C)n2)cn2cc([C@@H]3[C@@H]4COC[C@@H]43)nc12. The number of imidazole rings is 1. The minimum absolute atomic E-state index is 0.250. The fourth-order valence-electron chi connectivity index (χ4n) is 4.12. The van der Waals surface area contributed by atoms with Crippen LogP contribution in [0.4, 0.5) is 5.69 Å². The van der Waals surface area contributed by atoms with Gasteiger partial charge in [0.2, 0.25) is 0 Å². The predicted molar refractivity (Wildman–Crippen MR) is 104 cm³/mol. The summed E-state index contributed by atoms with van der Waals surface area (Å²) >= 11 is 0. The highest BCUT2D eigenvalue weighted by molar-refractivity contribution is 6.03. The molecule has 1 saturated carbocycles. The molecule has 3 aromatic heterocycles. The van der Waals surface area contributed by atoms with Gasteiger partial charge in [0.05, 0.1) is 31.2 Å².